The van der Waals surface area contributed by atoms with Gasteiger partial charge in [-0.1, -0.05) is 54.1 Å². The predicted molar refractivity (Wildman–Crippen MR) is 154 cm³/mol. The third-order valence-corrected chi connectivity index (χ3v) is 8.96. The van der Waals surface area contributed by atoms with E-state index in [1.807, 2.05) is 36.4 Å². The first-order valence-electron chi connectivity index (χ1n) is 13.5. The fourth-order valence-corrected chi connectivity index (χ4v) is 7.00. The Kier molecular flexibility index (Phi) is 5.42. The standard InChI is InChI=1S/C32H19ClN2O8/c33-21-8-7-17(35(39)40)12-22(21)34-30(36)27-19(16-6-9-23-25(11-16)42-14-41-23)13-20-26-18-4-2-1-3-15(18)5-10-24(26)43-32(38)28(20)29(27)31(34)37/h1-13,19,27-29H,14H2/t19-,27+,28+,29+/m1/s1. The summed E-state index contributed by atoms with van der Waals surface area (Å²) in [5.41, 5.74) is 1.50. The molecule has 0 bridgehead atoms. The number of imide groups is 1. The van der Waals surface area contributed by atoms with E-state index in [1.165, 1.54) is 12.1 Å². The molecule has 0 saturated carbocycles. The summed E-state index contributed by atoms with van der Waals surface area (Å²) in [5.74, 6) is -4.47. The van der Waals surface area contributed by atoms with Crippen LogP contribution in [0.4, 0.5) is 11.4 Å². The minimum absolute atomic E-state index is 0.0127. The molecule has 0 unspecified atom stereocenters. The molecule has 1 aliphatic carbocycles. The molecule has 4 aromatic carbocycles. The predicted octanol–water partition coefficient (Wildman–Crippen LogP) is 5.65. The Morgan fingerprint density at radius 2 is 1.63 bits per heavy atom. The molecule has 4 atom stereocenters. The average molecular weight is 595 g/mol. The van der Waals surface area contributed by atoms with Gasteiger partial charge in [-0.3, -0.25) is 24.5 Å². The summed E-state index contributed by atoms with van der Waals surface area (Å²) < 4.78 is 16.9. The number of benzene rings is 4. The van der Waals surface area contributed by atoms with E-state index in [9.17, 15) is 24.5 Å². The van der Waals surface area contributed by atoms with Crippen LogP contribution in [-0.2, 0) is 14.4 Å². The first kappa shape index (κ1) is 25.5. The first-order valence-corrected chi connectivity index (χ1v) is 13.9. The van der Waals surface area contributed by atoms with Gasteiger partial charge in [0.05, 0.1) is 33.4 Å². The number of nitro benzene ring substituents is 1. The Hall–Kier alpha value is -5.22. The molecule has 212 valence electrons. The number of anilines is 1. The minimum Gasteiger partial charge on any atom is -0.454 e. The van der Waals surface area contributed by atoms with Crippen molar-refractivity contribution in [1.29, 1.82) is 0 Å². The summed E-state index contributed by atoms with van der Waals surface area (Å²) in [6.45, 7) is 0.0559. The van der Waals surface area contributed by atoms with Crippen LogP contribution in [0.3, 0.4) is 0 Å². The molecule has 0 N–H and O–H groups in total. The third kappa shape index (κ3) is 3.63. The van der Waals surface area contributed by atoms with Crippen molar-refractivity contribution < 1.29 is 33.5 Å². The molecule has 10 nitrogen and oxygen atoms in total. The molecule has 8 rings (SSSR count). The molecule has 3 heterocycles. The number of amides is 2. The molecule has 3 aliphatic heterocycles. The smallest absolute Gasteiger partial charge is 0.319 e. The van der Waals surface area contributed by atoms with Crippen LogP contribution in [0.1, 0.15) is 17.0 Å². The molecule has 43 heavy (non-hydrogen) atoms. The zero-order chi connectivity index (χ0) is 29.6. The topological polar surface area (TPSA) is 125 Å². The molecular formula is C32H19ClN2O8. The van der Waals surface area contributed by atoms with Crippen LogP contribution in [0.2, 0.25) is 5.02 Å². The van der Waals surface area contributed by atoms with Gasteiger partial charge in [0.2, 0.25) is 18.6 Å². The van der Waals surface area contributed by atoms with Crippen LogP contribution in [-0.4, -0.2) is 29.5 Å². The summed E-state index contributed by atoms with van der Waals surface area (Å²) in [6.07, 6.45) is 1.87. The van der Waals surface area contributed by atoms with Gasteiger partial charge >= 0.3 is 5.97 Å². The largest absolute Gasteiger partial charge is 0.454 e. The maximum Gasteiger partial charge on any atom is 0.319 e. The number of carbonyl (C=O) groups excluding carboxylic acids is 3. The number of carbonyl (C=O) groups is 3. The van der Waals surface area contributed by atoms with Crippen molar-refractivity contribution in [3.05, 3.63) is 105 Å². The molecule has 1 fully saturated rings. The fourth-order valence-electron chi connectivity index (χ4n) is 6.80. The summed E-state index contributed by atoms with van der Waals surface area (Å²) in [5, 5.41) is 13.3. The lowest BCUT2D eigenvalue weighted by atomic mass is 9.64. The van der Waals surface area contributed by atoms with E-state index >= 15 is 0 Å². The van der Waals surface area contributed by atoms with Gasteiger partial charge in [-0.25, -0.2) is 4.90 Å². The van der Waals surface area contributed by atoms with E-state index < -0.39 is 46.4 Å². The number of nitrogens with zero attached hydrogens (tertiary/aromatic N) is 2. The number of nitro groups is 1. The van der Waals surface area contributed by atoms with E-state index in [0.29, 0.717) is 33.9 Å². The van der Waals surface area contributed by atoms with Gasteiger partial charge in [0, 0.05) is 23.6 Å². The van der Waals surface area contributed by atoms with Crippen molar-refractivity contribution in [3.8, 4) is 17.2 Å². The highest BCUT2D eigenvalue weighted by atomic mass is 35.5. The van der Waals surface area contributed by atoms with Gasteiger partial charge in [0.15, 0.2) is 11.5 Å². The molecule has 2 amide bonds. The number of allylic oxidation sites excluding steroid dienone is 1. The lowest BCUT2D eigenvalue weighted by molar-refractivity contribution is -0.384. The van der Waals surface area contributed by atoms with Gasteiger partial charge in [0.1, 0.15) is 5.75 Å². The second-order valence-electron chi connectivity index (χ2n) is 10.8. The number of non-ortho nitro benzene ring substituents is 1. The highest BCUT2D eigenvalue weighted by Crippen LogP contribution is 2.56. The highest BCUT2D eigenvalue weighted by Gasteiger charge is 2.61. The van der Waals surface area contributed by atoms with Crippen LogP contribution in [0, 0.1) is 27.9 Å². The lowest BCUT2D eigenvalue weighted by Gasteiger charge is -2.38. The number of rotatable bonds is 3. The van der Waals surface area contributed by atoms with Crippen molar-refractivity contribution in [2.45, 2.75) is 5.92 Å². The quantitative estimate of drug-likeness (QED) is 0.0979. The second kappa shape index (κ2) is 9.14. The van der Waals surface area contributed by atoms with Gasteiger partial charge in [-0.15, -0.1) is 0 Å². The Bertz CT molecular complexity index is 1990. The van der Waals surface area contributed by atoms with Crippen LogP contribution in [0.5, 0.6) is 17.2 Å². The normalized spacial score (nSPS) is 23.4. The van der Waals surface area contributed by atoms with Crippen molar-refractivity contribution in [2.75, 3.05) is 11.7 Å². The maximum absolute atomic E-state index is 14.3. The van der Waals surface area contributed by atoms with Crippen LogP contribution in [0.25, 0.3) is 16.3 Å². The molecule has 0 radical (unpaired) electrons. The molecule has 1 saturated heterocycles. The van der Waals surface area contributed by atoms with E-state index in [4.69, 9.17) is 25.8 Å². The number of ether oxygens (including phenoxy) is 3. The van der Waals surface area contributed by atoms with Crippen molar-refractivity contribution in [2.24, 2.45) is 17.8 Å². The van der Waals surface area contributed by atoms with E-state index in [-0.39, 0.29) is 23.2 Å². The molecule has 4 aliphatic rings. The minimum atomic E-state index is -1.15. The molecular weight excluding hydrogens is 576 g/mol. The second-order valence-corrected chi connectivity index (χ2v) is 11.2. The van der Waals surface area contributed by atoms with Crippen LogP contribution in [0.15, 0.2) is 78.9 Å². The number of fused-ring (bicyclic) bond motifs is 8. The zero-order valence-corrected chi connectivity index (χ0v) is 22.8. The molecule has 0 aromatic heterocycles. The maximum atomic E-state index is 14.3. The van der Waals surface area contributed by atoms with Gasteiger partial charge in [-0.05, 0) is 46.2 Å². The van der Waals surface area contributed by atoms with Crippen LogP contribution < -0.4 is 19.1 Å². The summed E-state index contributed by atoms with van der Waals surface area (Å²) >= 11 is 6.42. The van der Waals surface area contributed by atoms with E-state index in [0.717, 1.165) is 21.7 Å². The fraction of sp³-hybridized carbons (Fsp3) is 0.156. The third-order valence-electron chi connectivity index (χ3n) is 8.65. The Balaban J connectivity index is 1.36. The summed E-state index contributed by atoms with van der Waals surface area (Å²) in [4.78, 5) is 54.1. The Morgan fingerprint density at radius 1 is 0.860 bits per heavy atom. The van der Waals surface area contributed by atoms with Gasteiger partial charge < -0.3 is 14.2 Å². The van der Waals surface area contributed by atoms with E-state index in [2.05, 4.69) is 0 Å². The number of esters is 1. The average Bonchev–Trinajstić information content (AvgIpc) is 3.58. The molecule has 4 aromatic rings. The lowest BCUT2D eigenvalue weighted by Crippen LogP contribution is -2.42. The van der Waals surface area contributed by atoms with Crippen molar-refractivity contribution >= 4 is 57.1 Å². The van der Waals surface area contributed by atoms with Crippen molar-refractivity contribution in [3.63, 3.8) is 0 Å². The van der Waals surface area contributed by atoms with E-state index in [1.54, 1.807) is 24.3 Å². The van der Waals surface area contributed by atoms with Gasteiger partial charge in [-0.2, -0.15) is 0 Å². The first-order chi connectivity index (χ1) is 20.8. The number of hydrogen-bond acceptors (Lipinski definition) is 8. The molecule has 11 heteroatoms. The molecule has 0 spiro atoms. The number of halogens is 1. The zero-order valence-electron chi connectivity index (χ0n) is 22.1. The monoisotopic (exact) mass is 594 g/mol. The van der Waals surface area contributed by atoms with Gasteiger partial charge in [0.25, 0.3) is 5.69 Å². The van der Waals surface area contributed by atoms with Crippen molar-refractivity contribution in [1.82, 2.24) is 0 Å². The summed E-state index contributed by atoms with van der Waals surface area (Å²) in [7, 11) is 0. The summed E-state index contributed by atoms with van der Waals surface area (Å²) in [6, 6.07) is 20.1. The SMILES string of the molecule is O=C1Oc2ccc3ccccc3c2C2=C[C@H](c3ccc4c(c3)OCO4)[C@@H]3C(=O)N(c4cc([N+](=O)[O-])ccc4Cl)C(=O)[C@@H]3[C@@H]12. The van der Waals surface area contributed by atoms with Crippen LogP contribution >= 0.6 is 11.6 Å². The number of hydrogen-bond donors (Lipinski definition) is 0. The Morgan fingerprint density at radius 3 is 2.47 bits per heavy atom. The highest BCUT2D eigenvalue weighted by molar-refractivity contribution is 6.36. The Labute approximate surface area is 248 Å².